The Morgan fingerprint density at radius 2 is 1.95 bits per heavy atom. The third-order valence-electron chi connectivity index (χ3n) is 5.10. The summed E-state index contributed by atoms with van der Waals surface area (Å²) in [6.07, 6.45) is 5.15. The highest BCUT2D eigenvalue weighted by Gasteiger charge is 2.47. The molecule has 3 aliphatic rings. The molecule has 0 spiro atoms. The third kappa shape index (κ3) is 2.07. The van der Waals surface area contributed by atoms with E-state index >= 15 is 0 Å². The van der Waals surface area contributed by atoms with Crippen LogP contribution in [0.5, 0.6) is 5.75 Å². The maximum Gasteiger partial charge on any atom is 0.123 e. The molecule has 1 aromatic rings. The van der Waals surface area contributed by atoms with Gasteiger partial charge in [-0.1, -0.05) is 12.1 Å². The minimum absolute atomic E-state index is 0.0578. The number of alkyl halides is 1. The minimum Gasteiger partial charge on any atom is -0.487 e. The molecule has 2 heteroatoms. The molecule has 2 fully saturated rings. The van der Waals surface area contributed by atoms with Gasteiger partial charge < -0.3 is 4.74 Å². The number of ether oxygens (including phenoxy) is 1. The highest BCUT2D eigenvalue weighted by molar-refractivity contribution is 6.21. The Hall–Kier alpha value is -0.690. The lowest BCUT2D eigenvalue weighted by Crippen LogP contribution is -2.24. The van der Waals surface area contributed by atoms with Gasteiger partial charge in [-0.25, -0.2) is 0 Å². The topological polar surface area (TPSA) is 9.23 Å². The zero-order valence-corrected chi connectivity index (χ0v) is 12.4. The summed E-state index contributed by atoms with van der Waals surface area (Å²) >= 11 is 6.73. The molecule has 3 atom stereocenters. The largest absolute Gasteiger partial charge is 0.487 e. The highest BCUT2D eigenvalue weighted by Crippen LogP contribution is 2.58. The van der Waals surface area contributed by atoms with Crippen LogP contribution < -0.4 is 4.74 Å². The second kappa shape index (κ2) is 3.91. The fraction of sp³-hybridized carbons (Fsp3) is 0.647. The summed E-state index contributed by atoms with van der Waals surface area (Å²) in [5.41, 5.74) is 2.57. The molecule has 0 radical (unpaired) electrons. The standard InChI is InChI=1S/C17H21ClO/c1-17(2)9-14-5-10(3-4-15(14)19-17)16(18)13-7-11-6-12(11)8-13/h3-5,11-13,16H,6-9H2,1-2H3. The molecule has 0 bridgehead atoms. The molecule has 0 saturated heterocycles. The van der Waals surface area contributed by atoms with Crippen LogP contribution in [0.2, 0.25) is 0 Å². The Morgan fingerprint density at radius 3 is 2.68 bits per heavy atom. The molecule has 1 nitrogen and oxygen atoms in total. The van der Waals surface area contributed by atoms with E-state index in [2.05, 4.69) is 32.0 Å². The van der Waals surface area contributed by atoms with E-state index in [0.29, 0.717) is 5.92 Å². The lowest BCUT2D eigenvalue weighted by molar-refractivity contribution is 0.138. The van der Waals surface area contributed by atoms with Gasteiger partial charge in [0.1, 0.15) is 11.4 Å². The second-order valence-corrected chi connectivity index (χ2v) is 7.76. The Kier molecular flexibility index (Phi) is 2.49. The van der Waals surface area contributed by atoms with Gasteiger partial charge in [-0.3, -0.25) is 0 Å². The first-order chi connectivity index (χ1) is 9.02. The third-order valence-corrected chi connectivity index (χ3v) is 5.71. The molecule has 102 valence electrons. The Labute approximate surface area is 120 Å². The predicted molar refractivity (Wildman–Crippen MR) is 77.8 cm³/mol. The molecule has 1 heterocycles. The van der Waals surface area contributed by atoms with Crippen LogP contribution in [0.25, 0.3) is 0 Å². The number of hydrogen-bond donors (Lipinski definition) is 0. The van der Waals surface area contributed by atoms with Crippen LogP contribution in [0.15, 0.2) is 18.2 Å². The molecular formula is C17H21ClO. The van der Waals surface area contributed by atoms with Crippen LogP contribution in [0.3, 0.4) is 0 Å². The average molecular weight is 277 g/mol. The lowest BCUT2D eigenvalue weighted by atomic mass is 9.92. The minimum atomic E-state index is -0.0578. The van der Waals surface area contributed by atoms with Gasteiger partial charge in [-0.15, -0.1) is 11.6 Å². The van der Waals surface area contributed by atoms with E-state index in [1.807, 2.05) is 0 Å². The first kappa shape index (κ1) is 12.1. The molecular weight excluding hydrogens is 256 g/mol. The number of rotatable bonds is 2. The van der Waals surface area contributed by atoms with Crippen LogP contribution in [-0.4, -0.2) is 5.60 Å². The predicted octanol–water partition coefficient (Wildman–Crippen LogP) is 4.73. The summed E-state index contributed by atoms with van der Waals surface area (Å²) in [6.45, 7) is 4.30. The van der Waals surface area contributed by atoms with Crippen molar-refractivity contribution in [1.82, 2.24) is 0 Å². The van der Waals surface area contributed by atoms with Crippen molar-refractivity contribution >= 4 is 11.6 Å². The van der Waals surface area contributed by atoms with Crippen LogP contribution in [0.4, 0.5) is 0 Å². The van der Waals surface area contributed by atoms with E-state index < -0.39 is 0 Å². The quantitative estimate of drug-likeness (QED) is 0.710. The maximum absolute atomic E-state index is 6.73. The molecule has 1 aromatic carbocycles. The SMILES string of the molecule is CC1(C)Cc2cc(C(Cl)C3CC4CC4C3)ccc2O1. The van der Waals surface area contributed by atoms with Crippen molar-refractivity contribution in [3.05, 3.63) is 29.3 Å². The van der Waals surface area contributed by atoms with E-state index in [-0.39, 0.29) is 11.0 Å². The van der Waals surface area contributed by atoms with Gasteiger partial charge in [0.25, 0.3) is 0 Å². The Bertz CT molecular complexity index is 512. The van der Waals surface area contributed by atoms with Gasteiger partial charge in [0.15, 0.2) is 0 Å². The number of benzene rings is 1. The van der Waals surface area contributed by atoms with E-state index in [1.54, 1.807) is 0 Å². The molecule has 0 amide bonds. The van der Waals surface area contributed by atoms with Crippen molar-refractivity contribution in [1.29, 1.82) is 0 Å². The highest BCUT2D eigenvalue weighted by atomic mass is 35.5. The molecule has 4 rings (SSSR count). The van der Waals surface area contributed by atoms with E-state index in [1.165, 1.54) is 30.4 Å². The van der Waals surface area contributed by atoms with Crippen LogP contribution >= 0.6 is 11.6 Å². The number of fused-ring (bicyclic) bond motifs is 2. The monoisotopic (exact) mass is 276 g/mol. The van der Waals surface area contributed by atoms with Crippen molar-refractivity contribution in [2.45, 2.75) is 50.5 Å². The normalized spacial score (nSPS) is 35.4. The fourth-order valence-electron chi connectivity index (χ4n) is 4.07. The van der Waals surface area contributed by atoms with Gasteiger partial charge in [0, 0.05) is 6.42 Å². The first-order valence-corrected chi connectivity index (χ1v) is 7.91. The van der Waals surface area contributed by atoms with Crippen LogP contribution in [0.1, 0.15) is 49.6 Å². The molecule has 1 aliphatic heterocycles. The summed E-state index contributed by atoms with van der Waals surface area (Å²) in [5, 5.41) is 0.196. The van der Waals surface area contributed by atoms with Gasteiger partial charge in [0.2, 0.25) is 0 Å². The molecule has 0 aromatic heterocycles. The van der Waals surface area contributed by atoms with E-state index in [0.717, 1.165) is 24.0 Å². The van der Waals surface area contributed by atoms with E-state index in [4.69, 9.17) is 16.3 Å². The van der Waals surface area contributed by atoms with Gasteiger partial charge >= 0.3 is 0 Å². The summed E-state index contributed by atoms with van der Waals surface area (Å²) in [5.74, 6) is 3.75. The molecule has 3 unspecified atom stereocenters. The van der Waals surface area contributed by atoms with Crippen molar-refractivity contribution < 1.29 is 4.74 Å². The summed E-state index contributed by atoms with van der Waals surface area (Å²) in [6, 6.07) is 6.57. The summed E-state index contributed by atoms with van der Waals surface area (Å²) in [4.78, 5) is 0. The zero-order valence-electron chi connectivity index (χ0n) is 11.7. The number of hydrogen-bond acceptors (Lipinski definition) is 1. The van der Waals surface area contributed by atoms with E-state index in [9.17, 15) is 0 Å². The Morgan fingerprint density at radius 1 is 1.21 bits per heavy atom. The van der Waals surface area contributed by atoms with Gasteiger partial charge in [0.05, 0.1) is 5.38 Å². The molecule has 2 saturated carbocycles. The smallest absolute Gasteiger partial charge is 0.123 e. The summed E-state index contributed by atoms with van der Waals surface area (Å²) in [7, 11) is 0. The van der Waals surface area contributed by atoms with Crippen molar-refractivity contribution in [3.8, 4) is 5.75 Å². The second-order valence-electron chi connectivity index (χ2n) is 7.29. The lowest BCUT2D eigenvalue weighted by Gasteiger charge is -2.19. The average Bonchev–Trinajstić information content (AvgIpc) is 2.82. The number of halogens is 1. The fourth-order valence-corrected chi connectivity index (χ4v) is 4.42. The van der Waals surface area contributed by atoms with Gasteiger partial charge in [-0.05, 0) is 68.1 Å². The van der Waals surface area contributed by atoms with Crippen molar-refractivity contribution in [2.75, 3.05) is 0 Å². The molecule has 2 aliphatic carbocycles. The van der Waals surface area contributed by atoms with Crippen molar-refractivity contribution in [2.24, 2.45) is 17.8 Å². The Balaban J connectivity index is 1.56. The van der Waals surface area contributed by atoms with Crippen LogP contribution in [0, 0.1) is 17.8 Å². The zero-order chi connectivity index (χ0) is 13.2. The maximum atomic E-state index is 6.73. The van der Waals surface area contributed by atoms with Gasteiger partial charge in [-0.2, -0.15) is 0 Å². The molecule has 0 N–H and O–H groups in total. The first-order valence-electron chi connectivity index (χ1n) is 7.48. The van der Waals surface area contributed by atoms with Crippen molar-refractivity contribution in [3.63, 3.8) is 0 Å². The van der Waals surface area contributed by atoms with Crippen LogP contribution in [-0.2, 0) is 6.42 Å². The summed E-state index contributed by atoms with van der Waals surface area (Å²) < 4.78 is 5.94. The molecule has 19 heavy (non-hydrogen) atoms.